The van der Waals surface area contributed by atoms with Crippen molar-refractivity contribution in [1.82, 2.24) is 0 Å². The van der Waals surface area contributed by atoms with Crippen molar-refractivity contribution in [3.8, 4) is 0 Å². The summed E-state index contributed by atoms with van der Waals surface area (Å²) in [5.41, 5.74) is 3.77. The van der Waals surface area contributed by atoms with Gasteiger partial charge >= 0.3 is 5.97 Å². The van der Waals surface area contributed by atoms with Gasteiger partial charge in [0.1, 0.15) is 0 Å². The molecule has 0 aliphatic heterocycles. The number of esters is 1. The summed E-state index contributed by atoms with van der Waals surface area (Å²) < 4.78 is 4.95. The first-order valence-corrected chi connectivity index (χ1v) is 8.96. The van der Waals surface area contributed by atoms with E-state index in [1.54, 1.807) is 0 Å². The standard InChI is InChI=1S/C21H26O2/c1-3-4-17-5-6-18(20(22)23-2)10-19(17)21-11-14-7-15(12-21)9-16(8-14)13-21/h3,5-6,10,14-16H,1,4,7-9,11-13H2,2H3. The molecule has 0 saturated heterocycles. The van der Waals surface area contributed by atoms with Crippen molar-refractivity contribution in [2.24, 2.45) is 17.8 Å². The van der Waals surface area contributed by atoms with Crippen LogP contribution >= 0.6 is 0 Å². The van der Waals surface area contributed by atoms with Gasteiger partial charge in [0.15, 0.2) is 0 Å². The van der Waals surface area contributed by atoms with E-state index < -0.39 is 0 Å². The highest BCUT2D eigenvalue weighted by Gasteiger charge is 2.52. The average Bonchev–Trinajstić information content (AvgIpc) is 2.53. The number of benzene rings is 1. The topological polar surface area (TPSA) is 26.3 Å². The van der Waals surface area contributed by atoms with Crippen molar-refractivity contribution in [2.45, 2.75) is 50.4 Å². The van der Waals surface area contributed by atoms with Crippen LogP contribution in [0.1, 0.15) is 60.0 Å². The number of hydrogen-bond acceptors (Lipinski definition) is 2. The van der Waals surface area contributed by atoms with Gasteiger partial charge in [0.05, 0.1) is 12.7 Å². The van der Waals surface area contributed by atoms with Crippen LogP contribution in [0.25, 0.3) is 0 Å². The van der Waals surface area contributed by atoms with E-state index in [2.05, 4.69) is 18.7 Å². The van der Waals surface area contributed by atoms with Gasteiger partial charge in [-0.05, 0) is 91.4 Å². The van der Waals surface area contributed by atoms with Gasteiger partial charge in [-0.25, -0.2) is 4.79 Å². The van der Waals surface area contributed by atoms with E-state index in [9.17, 15) is 4.79 Å². The Labute approximate surface area is 138 Å². The fourth-order valence-corrected chi connectivity index (χ4v) is 6.09. The smallest absolute Gasteiger partial charge is 0.337 e. The molecule has 0 N–H and O–H groups in total. The molecule has 4 aliphatic carbocycles. The largest absolute Gasteiger partial charge is 0.465 e. The van der Waals surface area contributed by atoms with Gasteiger partial charge in [-0.1, -0.05) is 12.1 Å². The highest BCUT2D eigenvalue weighted by Crippen LogP contribution is 2.61. The molecule has 0 amide bonds. The van der Waals surface area contributed by atoms with Gasteiger partial charge in [0.2, 0.25) is 0 Å². The van der Waals surface area contributed by atoms with Crippen molar-refractivity contribution in [2.75, 3.05) is 7.11 Å². The Morgan fingerprint density at radius 3 is 2.35 bits per heavy atom. The minimum absolute atomic E-state index is 0.221. The van der Waals surface area contributed by atoms with Crippen LogP contribution in [-0.2, 0) is 16.6 Å². The summed E-state index contributed by atoms with van der Waals surface area (Å²) in [7, 11) is 1.46. The summed E-state index contributed by atoms with van der Waals surface area (Å²) >= 11 is 0. The normalized spacial score (nSPS) is 34.4. The molecule has 122 valence electrons. The van der Waals surface area contributed by atoms with E-state index in [4.69, 9.17) is 4.74 Å². The van der Waals surface area contributed by atoms with Crippen molar-refractivity contribution in [3.05, 3.63) is 47.5 Å². The molecule has 2 nitrogen and oxygen atoms in total. The lowest BCUT2D eigenvalue weighted by Crippen LogP contribution is -2.49. The molecule has 1 aromatic rings. The van der Waals surface area contributed by atoms with E-state index in [0.717, 1.165) is 24.2 Å². The molecule has 0 heterocycles. The first-order chi connectivity index (χ1) is 11.1. The summed E-state index contributed by atoms with van der Waals surface area (Å²) in [4.78, 5) is 12.0. The Morgan fingerprint density at radius 1 is 1.22 bits per heavy atom. The van der Waals surface area contributed by atoms with Gasteiger partial charge in [-0.2, -0.15) is 0 Å². The maximum absolute atomic E-state index is 12.0. The third-order valence-electron chi connectivity index (χ3n) is 6.50. The molecule has 2 heteroatoms. The van der Waals surface area contributed by atoms with E-state index in [0.29, 0.717) is 11.0 Å². The highest BCUT2D eigenvalue weighted by molar-refractivity contribution is 5.89. The zero-order valence-corrected chi connectivity index (χ0v) is 14.0. The van der Waals surface area contributed by atoms with Crippen LogP contribution in [0.4, 0.5) is 0 Å². The van der Waals surface area contributed by atoms with Crippen LogP contribution in [0, 0.1) is 17.8 Å². The lowest BCUT2D eigenvalue weighted by molar-refractivity contribution is -0.00556. The van der Waals surface area contributed by atoms with Crippen molar-refractivity contribution < 1.29 is 9.53 Å². The molecule has 0 spiro atoms. The first kappa shape index (κ1) is 15.0. The summed E-state index contributed by atoms with van der Waals surface area (Å²) in [6, 6.07) is 6.17. The third-order valence-corrected chi connectivity index (χ3v) is 6.50. The van der Waals surface area contributed by atoms with Gasteiger partial charge < -0.3 is 4.74 Å². The molecule has 4 saturated carbocycles. The minimum atomic E-state index is -0.221. The molecule has 0 atom stereocenters. The molecule has 0 radical (unpaired) electrons. The first-order valence-electron chi connectivity index (χ1n) is 8.96. The maximum atomic E-state index is 12.0. The quantitative estimate of drug-likeness (QED) is 0.597. The Morgan fingerprint density at radius 2 is 1.83 bits per heavy atom. The summed E-state index contributed by atoms with van der Waals surface area (Å²) in [6.07, 6.45) is 11.1. The van der Waals surface area contributed by atoms with Crippen molar-refractivity contribution >= 4 is 5.97 Å². The van der Waals surface area contributed by atoms with Crippen molar-refractivity contribution in [3.63, 3.8) is 0 Å². The second-order valence-electron chi connectivity index (χ2n) is 8.05. The molecule has 4 aliphatic rings. The van der Waals surface area contributed by atoms with Crippen LogP contribution in [0.2, 0.25) is 0 Å². The van der Waals surface area contributed by atoms with Crippen LogP contribution in [0.15, 0.2) is 30.9 Å². The second kappa shape index (κ2) is 5.51. The summed E-state index contributed by atoms with van der Waals surface area (Å²) in [6.45, 7) is 3.93. The number of rotatable bonds is 4. The highest BCUT2D eigenvalue weighted by atomic mass is 16.5. The number of carbonyl (C=O) groups excluding carboxylic acids is 1. The fraction of sp³-hybridized carbons (Fsp3) is 0.571. The number of methoxy groups -OCH3 is 1. The van der Waals surface area contributed by atoms with Crippen molar-refractivity contribution in [1.29, 1.82) is 0 Å². The van der Waals surface area contributed by atoms with E-state index >= 15 is 0 Å². The third kappa shape index (κ3) is 2.43. The molecule has 4 bridgehead atoms. The average molecular weight is 310 g/mol. The van der Waals surface area contributed by atoms with Crippen LogP contribution in [-0.4, -0.2) is 13.1 Å². The van der Waals surface area contributed by atoms with Gasteiger partial charge in [0, 0.05) is 0 Å². The SMILES string of the molecule is C=CCc1ccc(C(=O)OC)cc1C12CC3CC(CC(C3)C1)C2. The molecule has 5 rings (SSSR count). The second-order valence-corrected chi connectivity index (χ2v) is 8.05. The molecule has 0 unspecified atom stereocenters. The fourth-order valence-electron chi connectivity index (χ4n) is 6.09. The molecular weight excluding hydrogens is 284 g/mol. The summed E-state index contributed by atoms with van der Waals surface area (Å²) in [5, 5.41) is 0. The number of carbonyl (C=O) groups is 1. The Bertz CT molecular complexity index is 608. The number of hydrogen-bond donors (Lipinski definition) is 0. The summed E-state index contributed by atoms with van der Waals surface area (Å²) in [5.74, 6) is 2.49. The molecule has 4 fully saturated rings. The predicted molar refractivity (Wildman–Crippen MR) is 91.5 cm³/mol. The van der Waals surface area contributed by atoms with E-state index in [-0.39, 0.29) is 5.97 Å². The van der Waals surface area contributed by atoms with Crippen LogP contribution < -0.4 is 0 Å². The zero-order valence-electron chi connectivity index (χ0n) is 14.0. The maximum Gasteiger partial charge on any atom is 0.337 e. The number of ether oxygens (including phenoxy) is 1. The lowest BCUT2D eigenvalue weighted by Gasteiger charge is -2.57. The Kier molecular flexibility index (Phi) is 3.59. The van der Waals surface area contributed by atoms with Gasteiger partial charge in [-0.3, -0.25) is 0 Å². The van der Waals surface area contributed by atoms with Gasteiger partial charge in [0.25, 0.3) is 0 Å². The molecular formula is C21H26O2. The van der Waals surface area contributed by atoms with E-state index in [1.165, 1.54) is 56.8 Å². The van der Waals surface area contributed by atoms with Crippen LogP contribution in [0.3, 0.4) is 0 Å². The van der Waals surface area contributed by atoms with Gasteiger partial charge in [-0.15, -0.1) is 6.58 Å². The zero-order chi connectivity index (χ0) is 16.0. The minimum Gasteiger partial charge on any atom is -0.465 e. The lowest BCUT2D eigenvalue weighted by atomic mass is 9.47. The predicted octanol–water partition coefficient (Wildman–Crippen LogP) is 4.67. The molecule has 1 aromatic carbocycles. The Hall–Kier alpha value is -1.57. The Balaban J connectivity index is 1.79. The molecule has 0 aromatic heterocycles. The molecule has 23 heavy (non-hydrogen) atoms. The van der Waals surface area contributed by atoms with Crippen LogP contribution in [0.5, 0.6) is 0 Å². The number of allylic oxidation sites excluding steroid dienone is 1. The van der Waals surface area contributed by atoms with E-state index in [1.807, 2.05) is 12.1 Å². The monoisotopic (exact) mass is 310 g/mol.